The van der Waals surface area contributed by atoms with Crippen molar-refractivity contribution in [2.45, 2.75) is 25.8 Å². The Morgan fingerprint density at radius 2 is 2.42 bits per heavy atom. The van der Waals surface area contributed by atoms with E-state index in [1.165, 1.54) is 6.42 Å². The first-order valence-electron chi connectivity index (χ1n) is 6.82. The van der Waals surface area contributed by atoms with Gasteiger partial charge in [0.1, 0.15) is 0 Å². The summed E-state index contributed by atoms with van der Waals surface area (Å²) in [5, 5.41) is 0. The monoisotopic (exact) mass is 262 g/mol. The van der Waals surface area contributed by atoms with Gasteiger partial charge in [0.05, 0.1) is 5.56 Å². The predicted molar refractivity (Wildman–Crippen MR) is 75.9 cm³/mol. The van der Waals surface area contributed by atoms with Crippen molar-refractivity contribution in [1.29, 1.82) is 0 Å². The molecule has 0 saturated carbocycles. The molecule has 1 fully saturated rings. The molecule has 2 rings (SSSR count). The molecule has 1 amide bonds. The van der Waals surface area contributed by atoms with Crippen LogP contribution in [0.25, 0.3) is 0 Å². The number of nitrogens with zero attached hydrogens (tertiary/aromatic N) is 3. The van der Waals surface area contributed by atoms with Crippen molar-refractivity contribution in [3.8, 4) is 0 Å². The van der Waals surface area contributed by atoms with Crippen LogP contribution >= 0.6 is 0 Å². The molecular formula is C14H22N4O. The Morgan fingerprint density at radius 3 is 3.11 bits per heavy atom. The third kappa shape index (κ3) is 3.04. The molecular weight excluding hydrogens is 240 g/mol. The molecule has 2 heterocycles. The van der Waals surface area contributed by atoms with E-state index in [2.05, 4.69) is 16.8 Å². The first kappa shape index (κ1) is 13.8. The molecule has 0 aromatic carbocycles. The average Bonchev–Trinajstić information content (AvgIpc) is 2.85. The van der Waals surface area contributed by atoms with E-state index in [9.17, 15) is 4.79 Å². The third-order valence-electron chi connectivity index (χ3n) is 3.82. The van der Waals surface area contributed by atoms with E-state index in [1.54, 1.807) is 23.4 Å². The maximum absolute atomic E-state index is 12.3. The van der Waals surface area contributed by atoms with Crippen molar-refractivity contribution in [3.05, 3.63) is 24.0 Å². The molecule has 1 saturated heterocycles. The van der Waals surface area contributed by atoms with Crippen LogP contribution < -0.4 is 5.73 Å². The quantitative estimate of drug-likeness (QED) is 0.886. The van der Waals surface area contributed by atoms with Crippen molar-refractivity contribution in [2.75, 3.05) is 32.4 Å². The highest BCUT2D eigenvalue weighted by Crippen LogP contribution is 2.19. The minimum absolute atomic E-state index is 0.0476. The summed E-state index contributed by atoms with van der Waals surface area (Å²) in [5.41, 5.74) is 6.81. The molecule has 1 aromatic heterocycles. The summed E-state index contributed by atoms with van der Waals surface area (Å²) in [7, 11) is 1.83. The molecule has 0 spiro atoms. The summed E-state index contributed by atoms with van der Waals surface area (Å²) < 4.78 is 0. The van der Waals surface area contributed by atoms with Gasteiger partial charge in [-0.3, -0.25) is 14.7 Å². The van der Waals surface area contributed by atoms with Crippen LogP contribution in [0, 0.1) is 0 Å². The van der Waals surface area contributed by atoms with Crippen LogP contribution in [0.1, 0.15) is 30.1 Å². The normalized spacial score (nSPS) is 19.6. The van der Waals surface area contributed by atoms with Crippen LogP contribution in [0.2, 0.25) is 0 Å². The smallest absolute Gasteiger partial charge is 0.257 e. The van der Waals surface area contributed by atoms with E-state index in [0.29, 0.717) is 17.3 Å². The first-order valence-corrected chi connectivity index (χ1v) is 6.82. The number of carbonyl (C=O) groups is 1. The Kier molecular flexibility index (Phi) is 4.37. The second-order valence-electron chi connectivity index (χ2n) is 5.07. The Bertz CT molecular complexity index is 449. The largest absolute Gasteiger partial charge is 0.398 e. The molecule has 5 nitrogen and oxygen atoms in total. The topological polar surface area (TPSA) is 62.5 Å². The molecule has 5 heteroatoms. The molecule has 2 N–H and O–H groups in total. The minimum atomic E-state index is -0.0476. The van der Waals surface area contributed by atoms with Crippen LogP contribution in [0.3, 0.4) is 0 Å². The maximum Gasteiger partial charge on any atom is 0.257 e. The van der Waals surface area contributed by atoms with Gasteiger partial charge in [0, 0.05) is 37.7 Å². The van der Waals surface area contributed by atoms with Crippen LogP contribution in [0.15, 0.2) is 18.5 Å². The fraction of sp³-hybridized carbons (Fsp3) is 0.571. The number of amides is 1. The number of pyridine rings is 1. The molecule has 104 valence electrons. The maximum atomic E-state index is 12.3. The van der Waals surface area contributed by atoms with Gasteiger partial charge in [0.25, 0.3) is 5.91 Å². The number of likely N-dealkylation sites (N-methyl/N-ethyl adjacent to an activating group) is 2. The first-order chi connectivity index (χ1) is 9.13. The van der Waals surface area contributed by atoms with Gasteiger partial charge in [0.2, 0.25) is 0 Å². The standard InChI is InChI=1S/C14H22N4O/c1-3-18-8-4-5-11(18)10-17(2)14(19)12-9-16-7-6-13(12)15/h6-7,9,11H,3-5,8,10H2,1-2H3,(H2,15,16). The van der Waals surface area contributed by atoms with Gasteiger partial charge in [-0.15, -0.1) is 0 Å². The summed E-state index contributed by atoms with van der Waals surface area (Å²) in [5.74, 6) is -0.0476. The average molecular weight is 262 g/mol. The van der Waals surface area contributed by atoms with E-state index in [0.717, 1.165) is 26.1 Å². The Morgan fingerprint density at radius 1 is 1.63 bits per heavy atom. The number of aromatic nitrogens is 1. The number of likely N-dealkylation sites (tertiary alicyclic amines) is 1. The third-order valence-corrected chi connectivity index (χ3v) is 3.82. The van der Waals surface area contributed by atoms with Gasteiger partial charge in [-0.25, -0.2) is 0 Å². The van der Waals surface area contributed by atoms with E-state index in [-0.39, 0.29) is 5.91 Å². The molecule has 0 aliphatic carbocycles. The van der Waals surface area contributed by atoms with Crippen LogP contribution in [0.5, 0.6) is 0 Å². The SMILES string of the molecule is CCN1CCCC1CN(C)C(=O)c1cnccc1N. The number of rotatable bonds is 4. The zero-order valence-electron chi connectivity index (χ0n) is 11.7. The van der Waals surface area contributed by atoms with Gasteiger partial charge in [-0.05, 0) is 32.0 Å². The molecule has 0 radical (unpaired) electrons. The lowest BCUT2D eigenvalue weighted by Gasteiger charge is -2.28. The molecule has 1 aromatic rings. The van der Waals surface area contributed by atoms with Crippen LogP contribution in [-0.4, -0.2) is 53.4 Å². The summed E-state index contributed by atoms with van der Waals surface area (Å²) in [6, 6.07) is 2.13. The van der Waals surface area contributed by atoms with Crippen molar-refractivity contribution in [1.82, 2.24) is 14.8 Å². The number of anilines is 1. The number of hydrogen-bond donors (Lipinski definition) is 1. The summed E-state index contributed by atoms with van der Waals surface area (Å²) >= 11 is 0. The molecule has 1 aliphatic heterocycles. The van der Waals surface area contributed by atoms with Crippen molar-refractivity contribution >= 4 is 11.6 Å². The fourth-order valence-corrected chi connectivity index (χ4v) is 2.71. The highest BCUT2D eigenvalue weighted by Gasteiger charge is 2.26. The molecule has 1 aliphatic rings. The molecule has 0 bridgehead atoms. The van der Waals surface area contributed by atoms with E-state index in [1.807, 2.05) is 7.05 Å². The second-order valence-corrected chi connectivity index (χ2v) is 5.07. The van der Waals surface area contributed by atoms with Gasteiger partial charge >= 0.3 is 0 Å². The highest BCUT2D eigenvalue weighted by atomic mass is 16.2. The predicted octanol–water partition coefficient (Wildman–Crippen LogP) is 1.22. The fourth-order valence-electron chi connectivity index (χ4n) is 2.71. The Hall–Kier alpha value is -1.62. The summed E-state index contributed by atoms with van der Waals surface area (Å²) in [6.45, 7) is 5.10. The summed E-state index contributed by atoms with van der Waals surface area (Å²) in [6.07, 6.45) is 5.52. The zero-order valence-corrected chi connectivity index (χ0v) is 11.7. The van der Waals surface area contributed by atoms with E-state index < -0.39 is 0 Å². The molecule has 1 unspecified atom stereocenters. The van der Waals surface area contributed by atoms with Crippen molar-refractivity contribution in [3.63, 3.8) is 0 Å². The molecule has 19 heavy (non-hydrogen) atoms. The Labute approximate surface area is 114 Å². The number of hydrogen-bond acceptors (Lipinski definition) is 4. The zero-order chi connectivity index (χ0) is 13.8. The lowest BCUT2D eigenvalue weighted by Crippen LogP contribution is -2.41. The number of nitrogens with two attached hydrogens (primary N) is 1. The Balaban J connectivity index is 2.02. The number of carbonyl (C=O) groups excluding carboxylic acids is 1. The van der Waals surface area contributed by atoms with Gasteiger partial charge in [-0.2, -0.15) is 0 Å². The van der Waals surface area contributed by atoms with Crippen LogP contribution in [0.4, 0.5) is 5.69 Å². The highest BCUT2D eigenvalue weighted by molar-refractivity contribution is 5.98. The van der Waals surface area contributed by atoms with E-state index >= 15 is 0 Å². The number of nitrogen functional groups attached to an aromatic ring is 1. The van der Waals surface area contributed by atoms with Gasteiger partial charge in [-0.1, -0.05) is 6.92 Å². The van der Waals surface area contributed by atoms with Crippen LogP contribution in [-0.2, 0) is 0 Å². The van der Waals surface area contributed by atoms with Gasteiger partial charge < -0.3 is 10.6 Å². The molecule has 1 atom stereocenters. The minimum Gasteiger partial charge on any atom is -0.398 e. The van der Waals surface area contributed by atoms with Crippen molar-refractivity contribution < 1.29 is 4.79 Å². The van der Waals surface area contributed by atoms with Crippen molar-refractivity contribution in [2.24, 2.45) is 0 Å². The summed E-state index contributed by atoms with van der Waals surface area (Å²) in [4.78, 5) is 20.5. The lowest BCUT2D eigenvalue weighted by atomic mass is 10.1. The van der Waals surface area contributed by atoms with Gasteiger partial charge in [0.15, 0.2) is 0 Å². The second kappa shape index (κ2) is 6.02. The lowest BCUT2D eigenvalue weighted by molar-refractivity contribution is 0.0755. The van der Waals surface area contributed by atoms with E-state index in [4.69, 9.17) is 5.73 Å².